The minimum atomic E-state index is 0.388. The van der Waals surface area contributed by atoms with Crippen LogP contribution in [0.2, 0.25) is 0 Å². The zero-order valence-electron chi connectivity index (χ0n) is 8.75. The van der Waals surface area contributed by atoms with Crippen LogP contribution in [0.25, 0.3) is 0 Å². The molecule has 1 atom stereocenters. The molecule has 0 aliphatic carbocycles. The second-order valence-corrected chi connectivity index (χ2v) is 3.51. The van der Waals surface area contributed by atoms with Crippen LogP contribution in [0.1, 0.15) is 26.7 Å². The van der Waals surface area contributed by atoms with Gasteiger partial charge in [0.15, 0.2) is 0 Å². The van der Waals surface area contributed by atoms with Gasteiger partial charge >= 0.3 is 0 Å². The van der Waals surface area contributed by atoms with Gasteiger partial charge < -0.3 is 16.8 Å². The lowest BCUT2D eigenvalue weighted by atomic mass is 10.2. The molecule has 0 radical (unpaired) electrons. The van der Waals surface area contributed by atoms with Gasteiger partial charge in [-0.2, -0.15) is 0 Å². The lowest BCUT2D eigenvalue weighted by Crippen LogP contribution is -2.16. The predicted octanol–water partition coefficient (Wildman–Crippen LogP) is 1.85. The van der Waals surface area contributed by atoms with Crippen LogP contribution in [0.3, 0.4) is 0 Å². The SMILES string of the molecule is CCCC(C)Nc1ccc(N)c(N)n1. The molecule has 5 N–H and O–H groups in total. The van der Waals surface area contributed by atoms with E-state index in [0.717, 1.165) is 18.7 Å². The topological polar surface area (TPSA) is 77.0 Å². The van der Waals surface area contributed by atoms with E-state index in [-0.39, 0.29) is 0 Å². The molecule has 78 valence electrons. The Balaban J connectivity index is 2.63. The predicted molar refractivity (Wildman–Crippen MR) is 61.1 cm³/mol. The van der Waals surface area contributed by atoms with Crippen LogP contribution in [0, 0.1) is 0 Å². The van der Waals surface area contributed by atoms with E-state index in [1.807, 2.05) is 6.07 Å². The Hall–Kier alpha value is -1.45. The summed E-state index contributed by atoms with van der Waals surface area (Å²) in [7, 11) is 0. The van der Waals surface area contributed by atoms with Gasteiger partial charge in [0, 0.05) is 6.04 Å². The number of nitrogens with zero attached hydrogens (tertiary/aromatic N) is 1. The van der Waals surface area contributed by atoms with Gasteiger partial charge in [-0.05, 0) is 25.5 Å². The first-order valence-corrected chi connectivity index (χ1v) is 4.92. The fourth-order valence-corrected chi connectivity index (χ4v) is 1.32. The van der Waals surface area contributed by atoms with E-state index in [1.54, 1.807) is 6.07 Å². The second kappa shape index (κ2) is 4.69. The minimum absolute atomic E-state index is 0.388. The summed E-state index contributed by atoms with van der Waals surface area (Å²) in [5.74, 6) is 1.18. The zero-order chi connectivity index (χ0) is 10.6. The Kier molecular flexibility index (Phi) is 3.56. The van der Waals surface area contributed by atoms with Crippen LogP contribution >= 0.6 is 0 Å². The maximum Gasteiger partial charge on any atom is 0.149 e. The van der Waals surface area contributed by atoms with Gasteiger partial charge in [0.25, 0.3) is 0 Å². The van der Waals surface area contributed by atoms with E-state index in [4.69, 9.17) is 11.5 Å². The number of anilines is 3. The van der Waals surface area contributed by atoms with Crippen molar-refractivity contribution in [3.63, 3.8) is 0 Å². The molecule has 0 aliphatic rings. The summed E-state index contributed by atoms with van der Waals surface area (Å²) in [5, 5.41) is 3.26. The highest BCUT2D eigenvalue weighted by Crippen LogP contribution is 2.15. The van der Waals surface area contributed by atoms with E-state index < -0.39 is 0 Å². The van der Waals surface area contributed by atoms with Crippen molar-refractivity contribution < 1.29 is 0 Å². The molecular weight excluding hydrogens is 176 g/mol. The van der Waals surface area contributed by atoms with Gasteiger partial charge in [-0.3, -0.25) is 0 Å². The Morgan fingerprint density at radius 1 is 1.43 bits per heavy atom. The number of hydrogen-bond donors (Lipinski definition) is 3. The molecule has 0 fully saturated rings. The minimum Gasteiger partial charge on any atom is -0.396 e. The molecular formula is C10H18N4. The van der Waals surface area contributed by atoms with E-state index >= 15 is 0 Å². The quantitative estimate of drug-likeness (QED) is 0.683. The van der Waals surface area contributed by atoms with E-state index in [0.29, 0.717) is 17.5 Å². The molecule has 0 saturated heterocycles. The van der Waals surface area contributed by atoms with Gasteiger partial charge in [-0.25, -0.2) is 4.98 Å². The Bertz CT molecular complexity index is 298. The molecule has 0 spiro atoms. The van der Waals surface area contributed by atoms with Crippen LogP contribution < -0.4 is 16.8 Å². The van der Waals surface area contributed by atoms with Crippen molar-refractivity contribution >= 4 is 17.3 Å². The van der Waals surface area contributed by atoms with Crippen LogP contribution in [-0.2, 0) is 0 Å². The first-order valence-electron chi connectivity index (χ1n) is 4.92. The summed E-state index contributed by atoms with van der Waals surface area (Å²) in [6, 6.07) is 4.02. The summed E-state index contributed by atoms with van der Waals surface area (Å²) in [6.07, 6.45) is 2.27. The Morgan fingerprint density at radius 2 is 2.14 bits per heavy atom. The van der Waals surface area contributed by atoms with Crippen LogP contribution in [0.15, 0.2) is 12.1 Å². The summed E-state index contributed by atoms with van der Waals surface area (Å²) < 4.78 is 0. The molecule has 0 aromatic carbocycles. The molecule has 1 aromatic heterocycles. The second-order valence-electron chi connectivity index (χ2n) is 3.51. The Morgan fingerprint density at radius 3 is 2.71 bits per heavy atom. The van der Waals surface area contributed by atoms with Crippen LogP contribution in [0.4, 0.5) is 17.3 Å². The normalized spacial score (nSPS) is 12.4. The van der Waals surface area contributed by atoms with E-state index in [1.165, 1.54) is 0 Å². The summed E-state index contributed by atoms with van der Waals surface area (Å²) in [4.78, 5) is 4.14. The highest BCUT2D eigenvalue weighted by atomic mass is 15.0. The van der Waals surface area contributed by atoms with Crippen LogP contribution in [0.5, 0.6) is 0 Å². The Labute approximate surface area is 84.7 Å². The molecule has 0 aliphatic heterocycles. The number of pyridine rings is 1. The van der Waals surface area contributed by atoms with Gasteiger partial charge in [0.2, 0.25) is 0 Å². The molecule has 1 heterocycles. The highest BCUT2D eigenvalue weighted by molar-refractivity contribution is 5.61. The molecule has 1 rings (SSSR count). The third kappa shape index (κ3) is 2.80. The van der Waals surface area contributed by atoms with E-state index in [2.05, 4.69) is 24.1 Å². The first kappa shape index (κ1) is 10.6. The fraction of sp³-hybridized carbons (Fsp3) is 0.500. The smallest absolute Gasteiger partial charge is 0.149 e. The lowest BCUT2D eigenvalue weighted by molar-refractivity contribution is 0.688. The fourth-order valence-electron chi connectivity index (χ4n) is 1.32. The van der Waals surface area contributed by atoms with Crippen molar-refractivity contribution in [3.8, 4) is 0 Å². The van der Waals surface area contributed by atoms with Crippen molar-refractivity contribution in [2.75, 3.05) is 16.8 Å². The maximum atomic E-state index is 5.59. The molecule has 0 saturated carbocycles. The van der Waals surface area contributed by atoms with Crippen molar-refractivity contribution in [1.82, 2.24) is 4.98 Å². The average Bonchev–Trinajstić information content (AvgIpc) is 2.12. The largest absolute Gasteiger partial charge is 0.396 e. The average molecular weight is 194 g/mol. The number of hydrogen-bond acceptors (Lipinski definition) is 4. The van der Waals surface area contributed by atoms with Crippen molar-refractivity contribution in [1.29, 1.82) is 0 Å². The van der Waals surface area contributed by atoms with Crippen molar-refractivity contribution in [2.45, 2.75) is 32.7 Å². The molecule has 4 nitrogen and oxygen atoms in total. The van der Waals surface area contributed by atoms with Crippen LogP contribution in [-0.4, -0.2) is 11.0 Å². The first-order chi connectivity index (χ1) is 6.63. The van der Waals surface area contributed by atoms with Crippen molar-refractivity contribution in [2.24, 2.45) is 0 Å². The molecule has 14 heavy (non-hydrogen) atoms. The molecule has 0 bridgehead atoms. The summed E-state index contributed by atoms with van der Waals surface area (Å²) in [5.41, 5.74) is 11.7. The maximum absolute atomic E-state index is 5.59. The number of aromatic nitrogens is 1. The summed E-state index contributed by atoms with van der Waals surface area (Å²) >= 11 is 0. The third-order valence-corrected chi connectivity index (χ3v) is 2.07. The standard InChI is InChI=1S/C10H18N4/c1-3-4-7(2)13-9-6-5-8(11)10(12)14-9/h5-7H,3-4,11H2,1-2H3,(H3,12,13,14). The number of rotatable bonds is 4. The van der Waals surface area contributed by atoms with Gasteiger partial charge in [-0.1, -0.05) is 13.3 Å². The number of nitrogens with one attached hydrogen (secondary N) is 1. The van der Waals surface area contributed by atoms with Gasteiger partial charge in [-0.15, -0.1) is 0 Å². The molecule has 1 unspecified atom stereocenters. The van der Waals surface area contributed by atoms with E-state index in [9.17, 15) is 0 Å². The molecule has 1 aromatic rings. The number of nitrogens with two attached hydrogens (primary N) is 2. The zero-order valence-corrected chi connectivity index (χ0v) is 8.75. The molecule has 4 heteroatoms. The van der Waals surface area contributed by atoms with Crippen molar-refractivity contribution in [3.05, 3.63) is 12.1 Å². The third-order valence-electron chi connectivity index (χ3n) is 2.07. The highest BCUT2D eigenvalue weighted by Gasteiger charge is 2.02. The van der Waals surface area contributed by atoms with Gasteiger partial charge in [0.1, 0.15) is 11.6 Å². The number of nitrogen functional groups attached to an aromatic ring is 2. The lowest BCUT2D eigenvalue weighted by Gasteiger charge is -2.13. The molecule has 0 amide bonds. The monoisotopic (exact) mass is 194 g/mol. The van der Waals surface area contributed by atoms with Gasteiger partial charge in [0.05, 0.1) is 5.69 Å². The summed E-state index contributed by atoms with van der Waals surface area (Å²) in [6.45, 7) is 4.28.